The summed E-state index contributed by atoms with van der Waals surface area (Å²) in [6.07, 6.45) is 11.5. The zero-order chi connectivity index (χ0) is 47.1. The summed E-state index contributed by atoms with van der Waals surface area (Å²) in [5.74, 6) is 2.65. The van der Waals surface area contributed by atoms with Gasteiger partial charge >= 0.3 is 0 Å². The smallest absolute Gasteiger partial charge is 0.134 e. The molecule has 8 aromatic rings. The maximum atomic E-state index is 6.00. The standard InChI is InChI=1S/C24H33N9O3.C21H27N9/c1-16(2)31-10-19(25-28-31)13-34-22-7-23(35-14-20-11-32(17(3)4)29-26-20)9-24(8-22)36-15-21-12-33(18(5)6)30-27-21;1-13(2)19-10-28(25-22-19)16-7-17(29-11-20(14(3)4)23-26-29)9-18(8-16)30-12-21(15(5)6)24-27-30/h7-12,16-18H,13-15H2,1-6H3;7-15H,1-6H3. The van der Waals surface area contributed by atoms with E-state index in [0.717, 1.165) is 51.2 Å². The van der Waals surface area contributed by atoms with Crippen LogP contribution in [0.15, 0.2) is 73.6 Å². The van der Waals surface area contributed by atoms with Gasteiger partial charge in [0.05, 0.1) is 71.3 Å². The van der Waals surface area contributed by atoms with E-state index in [1.54, 1.807) is 28.1 Å². The van der Waals surface area contributed by atoms with Crippen LogP contribution in [0.2, 0.25) is 0 Å². The molecule has 0 saturated heterocycles. The summed E-state index contributed by atoms with van der Waals surface area (Å²) >= 11 is 0. The molecule has 0 bridgehead atoms. The van der Waals surface area contributed by atoms with Crippen LogP contribution in [0.3, 0.4) is 0 Å². The van der Waals surface area contributed by atoms with E-state index in [9.17, 15) is 0 Å². The van der Waals surface area contributed by atoms with E-state index in [2.05, 4.69) is 103 Å². The molecule has 0 atom stereocenters. The third kappa shape index (κ3) is 11.9. The van der Waals surface area contributed by atoms with Crippen molar-refractivity contribution in [1.82, 2.24) is 90.0 Å². The van der Waals surface area contributed by atoms with Gasteiger partial charge in [-0.1, -0.05) is 72.8 Å². The van der Waals surface area contributed by atoms with Gasteiger partial charge in [-0.25, -0.2) is 28.1 Å². The second kappa shape index (κ2) is 20.7. The maximum absolute atomic E-state index is 6.00. The van der Waals surface area contributed by atoms with Crippen LogP contribution in [0.5, 0.6) is 17.2 Å². The first kappa shape index (κ1) is 46.7. The molecule has 0 unspecified atom stereocenters. The minimum Gasteiger partial charge on any atom is -0.487 e. The highest BCUT2D eigenvalue weighted by molar-refractivity contribution is 5.52. The van der Waals surface area contributed by atoms with Gasteiger partial charge in [-0.15, -0.1) is 30.6 Å². The van der Waals surface area contributed by atoms with Crippen molar-refractivity contribution >= 4 is 0 Å². The van der Waals surface area contributed by atoms with Crippen LogP contribution < -0.4 is 14.2 Å². The number of rotatable bonds is 18. The average molecular weight is 901 g/mol. The molecule has 66 heavy (non-hydrogen) atoms. The molecule has 21 heteroatoms. The second-order valence-corrected chi connectivity index (χ2v) is 17.8. The highest BCUT2D eigenvalue weighted by Crippen LogP contribution is 2.30. The van der Waals surface area contributed by atoms with E-state index < -0.39 is 0 Å². The fourth-order valence-corrected chi connectivity index (χ4v) is 6.14. The monoisotopic (exact) mass is 901 g/mol. The number of ether oxygens (including phenoxy) is 3. The fraction of sp³-hybridized carbons (Fsp3) is 0.467. The minimum atomic E-state index is 0.227. The van der Waals surface area contributed by atoms with Crippen LogP contribution in [0, 0.1) is 0 Å². The normalized spacial score (nSPS) is 11.7. The van der Waals surface area contributed by atoms with Gasteiger partial charge in [0.2, 0.25) is 0 Å². The molecule has 0 N–H and O–H groups in total. The lowest BCUT2D eigenvalue weighted by atomic mass is 10.1. The Balaban J connectivity index is 0.000000199. The van der Waals surface area contributed by atoms with Crippen LogP contribution in [0.1, 0.15) is 153 Å². The van der Waals surface area contributed by atoms with Crippen molar-refractivity contribution in [1.29, 1.82) is 0 Å². The van der Waals surface area contributed by atoms with Gasteiger partial charge in [-0.3, -0.25) is 0 Å². The SMILES string of the molecule is CC(C)c1cn(-c2cc(-n3cc(C(C)C)nn3)cc(-n3cc(C(C)C)nn3)c2)nn1.CC(C)n1cc(COc2cc(OCc3cn(C(C)C)nn3)cc(OCc3cn(C(C)C)nn3)c2)nn1. The van der Waals surface area contributed by atoms with Crippen LogP contribution in [-0.2, 0) is 19.8 Å². The predicted octanol–water partition coefficient (Wildman–Crippen LogP) is 7.74. The van der Waals surface area contributed by atoms with E-state index in [1.807, 2.05) is 115 Å². The molecule has 0 radical (unpaired) electrons. The van der Waals surface area contributed by atoms with Crippen molar-refractivity contribution in [2.75, 3.05) is 0 Å². The zero-order valence-corrected chi connectivity index (χ0v) is 39.8. The molecule has 0 aliphatic carbocycles. The Morgan fingerprint density at radius 1 is 0.348 bits per heavy atom. The van der Waals surface area contributed by atoms with E-state index >= 15 is 0 Å². The third-order valence-electron chi connectivity index (χ3n) is 10.3. The molecular weight excluding hydrogens is 841 g/mol. The van der Waals surface area contributed by atoms with Crippen LogP contribution in [0.25, 0.3) is 17.1 Å². The quantitative estimate of drug-likeness (QED) is 0.0806. The number of aromatic nitrogens is 18. The number of benzene rings is 2. The van der Waals surface area contributed by atoms with Gasteiger partial charge in [0, 0.05) is 36.3 Å². The van der Waals surface area contributed by atoms with Gasteiger partial charge in [-0.2, -0.15) is 0 Å². The summed E-state index contributed by atoms with van der Waals surface area (Å²) in [6.45, 7) is 25.7. The maximum Gasteiger partial charge on any atom is 0.134 e. The third-order valence-corrected chi connectivity index (χ3v) is 10.3. The lowest BCUT2D eigenvalue weighted by molar-refractivity contribution is 0.270. The molecule has 2 aromatic carbocycles. The molecule has 0 amide bonds. The molecule has 21 nitrogen and oxygen atoms in total. The van der Waals surface area contributed by atoms with Crippen LogP contribution >= 0.6 is 0 Å². The largest absolute Gasteiger partial charge is 0.487 e. The second-order valence-electron chi connectivity index (χ2n) is 17.8. The van der Waals surface area contributed by atoms with Gasteiger partial charge < -0.3 is 14.2 Å². The van der Waals surface area contributed by atoms with Crippen molar-refractivity contribution in [2.24, 2.45) is 0 Å². The molecule has 348 valence electrons. The Bertz CT molecular complexity index is 2460. The Hall–Kier alpha value is -7.32. The van der Waals surface area contributed by atoms with Crippen molar-refractivity contribution < 1.29 is 14.2 Å². The topological polar surface area (TPSA) is 212 Å². The number of hydrogen-bond acceptors (Lipinski definition) is 15. The zero-order valence-electron chi connectivity index (χ0n) is 39.8. The average Bonchev–Trinajstić information content (AvgIpc) is 4.15. The van der Waals surface area contributed by atoms with E-state index in [-0.39, 0.29) is 37.9 Å². The first-order valence-electron chi connectivity index (χ1n) is 22.3. The number of nitrogens with zero attached hydrogens (tertiary/aromatic N) is 18. The first-order valence-corrected chi connectivity index (χ1v) is 22.3. The van der Waals surface area contributed by atoms with Gasteiger partial charge in [0.25, 0.3) is 0 Å². The Morgan fingerprint density at radius 2 is 0.621 bits per heavy atom. The van der Waals surface area contributed by atoms with E-state index in [4.69, 9.17) is 14.2 Å². The van der Waals surface area contributed by atoms with Crippen molar-refractivity contribution in [2.45, 2.75) is 139 Å². The molecular formula is C45H60N18O3. The van der Waals surface area contributed by atoms with Crippen molar-refractivity contribution in [3.05, 3.63) is 108 Å². The summed E-state index contributed by atoms with van der Waals surface area (Å²) < 4.78 is 28.7. The van der Waals surface area contributed by atoms with E-state index in [1.165, 1.54) is 0 Å². The highest BCUT2D eigenvalue weighted by Gasteiger charge is 2.16. The summed E-state index contributed by atoms with van der Waals surface area (Å²) in [5, 5.41) is 50.7. The molecule has 8 rings (SSSR count). The lowest BCUT2D eigenvalue weighted by Gasteiger charge is -2.12. The summed E-state index contributed by atoms with van der Waals surface area (Å²) in [4.78, 5) is 0. The van der Waals surface area contributed by atoms with Gasteiger partial charge in [-0.05, 0) is 77.5 Å². The summed E-state index contributed by atoms with van der Waals surface area (Å²) in [6, 6.07) is 12.1. The summed E-state index contributed by atoms with van der Waals surface area (Å²) in [7, 11) is 0. The Kier molecular flexibility index (Phi) is 14.6. The van der Waals surface area contributed by atoms with Gasteiger partial charge in [0.1, 0.15) is 54.2 Å². The molecule has 0 spiro atoms. The predicted molar refractivity (Wildman–Crippen MR) is 244 cm³/mol. The molecule has 0 aliphatic rings. The fourth-order valence-electron chi connectivity index (χ4n) is 6.14. The molecule has 6 aromatic heterocycles. The molecule has 6 heterocycles. The van der Waals surface area contributed by atoms with Gasteiger partial charge in [0.15, 0.2) is 0 Å². The Morgan fingerprint density at radius 3 is 0.833 bits per heavy atom. The Labute approximate surface area is 384 Å². The highest BCUT2D eigenvalue weighted by atomic mass is 16.5. The summed E-state index contributed by atoms with van der Waals surface area (Å²) in [5.41, 5.74) is 7.60. The molecule has 0 fully saturated rings. The van der Waals surface area contributed by atoms with E-state index in [0.29, 0.717) is 35.0 Å². The number of hydrogen-bond donors (Lipinski definition) is 0. The molecule has 0 aliphatic heterocycles. The van der Waals surface area contributed by atoms with Crippen LogP contribution in [0.4, 0.5) is 0 Å². The molecule has 0 saturated carbocycles. The first-order chi connectivity index (χ1) is 31.6. The minimum absolute atomic E-state index is 0.227. The van der Waals surface area contributed by atoms with Crippen LogP contribution in [-0.4, -0.2) is 90.0 Å². The lowest BCUT2D eigenvalue weighted by Crippen LogP contribution is -2.04. The van der Waals surface area contributed by atoms with Crippen molar-refractivity contribution in [3.63, 3.8) is 0 Å². The van der Waals surface area contributed by atoms with Crippen molar-refractivity contribution in [3.8, 4) is 34.3 Å².